The second-order valence-electron chi connectivity index (χ2n) is 5.03. The maximum absolute atomic E-state index is 12.1. The first-order chi connectivity index (χ1) is 11.3. The van der Waals surface area contributed by atoms with E-state index in [-0.39, 0.29) is 49.6 Å². The number of hydrogen-bond acceptors (Lipinski definition) is 5. The summed E-state index contributed by atoms with van der Waals surface area (Å²) in [6.45, 7) is 0. The van der Waals surface area contributed by atoms with Gasteiger partial charge in [0.15, 0.2) is 5.75 Å². The number of aliphatic carboxylic acids is 1. The number of carbonyl (C=O) groups excluding carboxylic acids is 1. The van der Waals surface area contributed by atoms with Crippen molar-refractivity contribution in [1.29, 1.82) is 0 Å². The van der Waals surface area contributed by atoms with Gasteiger partial charge in [0.1, 0.15) is 6.04 Å². The fraction of sp³-hybridized carbons (Fsp3) is 0.200. The number of primary amides is 1. The Bertz CT molecular complexity index is 833. The Labute approximate surface area is 168 Å². The summed E-state index contributed by atoms with van der Waals surface area (Å²) in [5.74, 6) is -2.08. The molecule has 2 aliphatic rings. The zero-order valence-electron chi connectivity index (χ0n) is 14.5. The van der Waals surface area contributed by atoms with E-state index in [1.807, 2.05) is 4.72 Å². The van der Waals surface area contributed by atoms with Crippen LogP contribution in [-0.2, 0) is 19.9 Å². The van der Waals surface area contributed by atoms with Gasteiger partial charge in [-0.25, -0.2) is 0 Å². The van der Waals surface area contributed by atoms with Crippen LogP contribution in [0.1, 0.15) is 14.3 Å². The van der Waals surface area contributed by atoms with Gasteiger partial charge >= 0.3 is 45.8 Å². The first kappa shape index (κ1) is 21.4. The van der Waals surface area contributed by atoms with Crippen molar-refractivity contribution in [2.75, 3.05) is 0 Å². The normalized spacial score (nSPS) is 12.2. The standard InChI is InChI=1S/C15H16N2O6S.Na.H/c16-14(18)9-7-12(15(19)20)17-24(21,22)23-13-8-6-10-4-2-1-3-5-11(10)13;;/h1-6,8,12,17H,7,9H2,(H2,16,18)(H,19,20);;/q;+1;-1/t12-;;/m0../s1. The molecule has 0 unspecified atom stereocenters. The molecule has 25 heavy (non-hydrogen) atoms. The molecule has 4 N–H and O–H groups in total. The van der Waals surface area contributed by atoms with E-state index in [0.717, 1.165) is 5.56 Å². The van der Waals surface area contributed by atoms with Crippen LogP contribution in [0.2, 0.25) is 0 Å². The average Bonchev–Trinajstić information content (AvgIpc) is 2.71. The first-order valence-corrected chi connectivity index (χ1v) is 8.40. The van der Waals surface area contributed by atoms with Gasteiger partial charge in [-0.1, -0.05) is 36.4 Å². The number of amides is 1. The topological polar surface area (TPSA) is 136 Å². The molecule has 10 heteroatoms. The average molecular weight is 376 g/mol. The molecule has 0 fully saturated rings. The van der Waals surface area contributed by atoms with Crippen LogP contribution >= 0.6 is 0 Å². The molecular formula is C15H17N2NaO6S. The Balaban J connectivity index is 0.00000312. The molecule has 0 saturated carbocycles. The second-order valence-corrected chi connectivity index (χ2v) is 6.34. The monoisotopic (exact) mass is 376 g/mol. The molecule has 0 radical (unpaired) electrons. The number of carbonyl (C=O) groups is 2. The van der Waals surface area contributed by atoms with E-state index < -0.39 is 28.2 Å². The van der Waals surface area contributed by atoms with Gasteiger partial charge in [-0.15, -0.1) is 0 Å². The number of rotatable bonds is 8. The maximum Gasteiger partial charge on any atom is 1.00 e. The molecular weight excluding hydrogens is 359 g/mol. The van der Waals surface area contributed by atoms with Crippen LogP contribution in [-0.4, -0.2) is 31.4 Å². The van der Waals surface area contributed by atoms with Crippen molar-refractivity contribution in [2.45, 2.75) is 18.9 Å². The van der Waals surface area contributed by atoms with Gasteiger partial charge in [0.2, 0.25) is 5.91 Å². The van der Waals surface area contributed by atoms with Gasteiger partial charge in [-0.2, -0.15) is 13.1 Å². The molecule has 0 heterocycles. The van der Waals surface area contributed by atoms with Crippen LogP contribution in [0, 0.1) is 0 Å². The van der Waals surface area contributed by atoms with Crippen molar-refractivity contribution in [3.05, 3.63) is 42.5 Å². The van der Waals surface area contributed by atoms with Crippen molar-refractivity contribution >= 4 is 22.2 Å². The molecule has 0 aliphatic heterocycles. The zero-order chi connectivity index (χ0) is 17.7. The zero-order valence-corrected chi connectivity index (χ0v) is 16.3. The molecule has 0 bridgehead atoms. The van der Waals surface area contributed by atoms with Crippen molar-refractivity contribution in [2.24, 2.45) is 5.73 Å². The molecule has 1 atom stereocenters. The van der Waals surface area contributed by atoms with Crippen LogP contribution < -0.4 is 44.2 Å². The largest absolute Gasteiger partial charge is 1.00 e. The minimum absolute atomic E-state index is 0. The molecule has 0 aromatic heterocycles. The number of nitrogens with two attached hydrogens (primary N) is 1. The summed E-state index contributed by atoms with van der Waals surface area (Å²) in [5, 5.41) is 9.05. The molecule has 2 aliphatic carbocycles. The third-order valence-corrected chi connectivity index (χ3v) is 4.19. The third-order valence-electron chi connectivity index (χ3n) is 3.22. The quantitative estimate of drug-likeness (QED) is 0.449. The summed E-state index contributed by atoms with van der Waals surface area (Å²) >= 11 is 0. The molecule has 0 aromatic carbocycles. The summed E-state index contributed by atoms with van der Waals surface area (Å²) in [7, 11) is -4.39. The third kappa shape index (κ3) is 6.29. The number of carboxylic acids is 1. The van der Waals surface area contributed by atoms with Gasteiger partial charge in [0.05, 0.1) is 0 Å². The Morgan fingerprint density at radius 3 is 2.52 bits per heavy atom. The Morgan fingerprint density at radius 1 is 1.20 bits per heavy atom. The Kier molecular flexibility index (Phi) is 7.84. The van der Waals surface area contributed by atoms with Crippen LogP contribution in [0.4, 0.5) is 0 Å². The Hall–Kier alpha value is -1.65. The fourth-order valence-electron chi connectivity index (χ4n) is 2.09. The van der Waals surface area contributed by atoms with Crippen molar-refractivity contribution in [1.82, 2.24) is 4.72 Å². The van der Waals surface area contributed by atoms with E-state index in [9.17, 15) is 18.0 Å². The smallest absolute Gasteiger partial charge is 1.00 e. The van der Waals surface area contributed by atoms with E-state index in [0.29, 0.717) is 5.56 Å². The number of hydrogen-bond donors (Lipinski definition) is 3. The van der Waals surface area contributed by atoms with Crippen molar-refractivity contribution < 1.29 is 58.3 Å². The predicted molar refractivity (Wildman–Crippen MR) is 86.7 cm³/mol. The van der Waals surface area contributed by atoms with Crippen LogP contribution in [0.3, 0.4) is 0 Å². The Morgan fingerprint density at radius 2 is 1.88 bits per heavy atom. The number of fused-ring (bicyclic) bond motifs is 1. The fourth-order valence-corrected chi connectivity index (χ4v) is 3.09. The first-order valence-electron chi connectivity index (χ1n) is 6.99. The SMILES string of the molecule is NC(=O)CC[C@H](NS(=O)(=O)Oc1ccc2cccccc1-2)C(=O)O.[H-].[Na+]. The van der Waals surface area contributed by atoms with E-state index >= 15 is 0 Å². The van der Waals surface area contributed by atoms with Crippen molar-refractivity contribution in [3.63, 3.8) is 0 Å². The molecule has 8 nitrogen and oxygen atoms in total. The number of carboxylic acid groups (broad SMARTS) is 1. The summed E-state index contributed by atoms with van der Waals surface area (Å²) in [4.78, 5) is 21.9. The number of nitrogens with one attached hydrogen (secondary N) is 1. The maximum atomic E-state index is 12.1. The van der Waals surface area contributed by atoms with E-state index in [2.05, 4.69) is 0 Å². The molecule has 2 rings (SSSR count). The van der Waals surface area contributed by atoms with Crippen LogP contribution in [0.25, 0.3) is 11.1 Å². The van der Waals surface area contributed by atoms with E-state index in [4.69, 9.17) is 15.0 Å². The van der Waals surface area contributed by atoms with Gasteiger partial charge in [-0.3, -0.25) is 9.59 Å². The summed E-state index contributed by atoms with van der Waals surface area (Å²) in [6, 6.07) is 10.4. The molecule has 0 spiro atoms. The minimum Gasteiger partial charge on any atom is -1.00 e. The molecule has 0 aromatic rings. The molecule has 130 valence electrons. The van der Waals surface area contributed by atoms with E-state index in [1.165, 1.54) is 6.07 Å². The van der Waals surface area contributed by atoms with Crippen LogP contribution in [0.5, 0.6) is 5.75 Å². The van der Waals surface area contributed by atoms with Crippen molar-refractivity contribution in [3.8, 4) is 16.9 Å². The predicted octanol–water partition coefficient (Wildman–Crippen LogP) is -2.16. The molecule has 1 amide bonds. The van der Waals surface area contributed by atoms with Crippen LogP contribution in [0.15, 0.2) is 42.5 Å². The van der Waals surface area contributed by atoms with Gasteiger partial charge in [0, 0.05) is 12.0 Å². The summed E-state index contributed by atoms with van der Waals surface area (Å²) in [6.07, 6.45) is -0.543. The van der Waals surface area contributed by atoms with Gasteiger partial charge in [0.25, 0.3) is 0 Å². The second kappa shape index (κ2) is 9.16. The van der Waals surface area contributed by atoms with Gasteiger partial charge in [-0.05, 0) is 18.1 Å². The minimum atomic E-state index is -4.39. The molecule has 0 saturated heterocycles. The van der Waals surface area contributed by atoms with Gasteiger partial charge < -0.3 is 16.4 Å². The summed E-state index contributed by atoms with van der Waals surface area (Å²) < 4.78 is 31.0. The summed E-state index contributed by atoms with van der Waals surface area (Å²) in [5.41, 5.74) is 6.28. The van der Waals surface area contributed by atoms with E-state index in [1.54, 1.807) is 36.4 Å².